The fourth-order valence-electron chi connectivity index (χ4n) is 2.65. The zero-order valence-electron chi connectivity index (χ0n) is 12.8. The van der Waals surface area contributed by atoms with Crippen LogP contribution < -0.4 is 0 Å². The van der Waals surface area contributed by atoms with Gasteiger partial charge in [-0.1, -0.05) is 12.1 Å². The lowest BCUT2D eigenvalue weighted by molar-refractivity contribution is -0.138. The third kappa shape index (κ3) is 4.46. The van der Waals surface area contributed by atoms with Gasteiger partial charge in [0.2, 0.25) is 0 Å². The van der Waals surface area contributed by atoms with Crippen LogP contribution in [0.3, 0.4) is 0 Å². The van der Waals surface area contributed by atoms with E-state index >= 15 is 0 Å². The van der Waals surface area contributed by atoms with E-state index in [1.165, 1.54) is 17.0 Å². The van der Waals surface area contributed by atoms with E-state index in [1.54, 1.807) is 6.92 Å². The molecule has 1 saturated carbocycles. The molecule has 4 nitrogen and oxygen atoms in total. The Kier molecular flexibility index (Phi) is 4.75. The Morgan fingerprint density at radius 3 is 2.35 bits per heavy atom. The molecule has 0 bridgehead atoms. The van der Waals surface area contributed by atoms with E-state index in [2.05, 4.69) is 0 Å². The molecule has 23 heavy (non-hydrogen) atoms. The third-order valence-corrected chi connectivity index (χ3v) is 4.74. The second-order valence-corrected chi connectivity index (χ2v) is 8.11. The van der Waals surface area contributed by atoms with Gasteiger partial charge in [-0.05, 0) is 31.9 Å². The number of carbonyl (C=O) groups excluding carboxylic acids is 1. The van der Waals surface area contributed by atoms with E-state index in [4.69, 9.17) is 0 Å². The average molecular weight is 349 g/mol. The number of benzene rings is 1. The minimum absolute atomic E-state index is 0.194. The van der Waals surface area contributed by atoms with Gasteiger partial charge in [0, 0.05) is 18.3 Å². The van der Waals surface area contributed by atoms with E-state index in [9.17, 15) is 26.4 Å². The second-order valence-electron chi connectivity index (χ2n) is 5.93. The first-order valence-electron chi connectivity index (χ1n) is 7.17. The molecule has 1 fully saturated rings. The molecule has 8 heteroatoms. The summed E-state index contributed by atoms with van der Waals surface area (Å²) in [5, 5.41) is 0. The standard InChI is InChI=1S/C15H18F3NO3S/c1-10(9-23(2,21)22)19(11-7-8-11)14(20)12-5-3-4-6-13(12)15(16,17)18/h3-6,10-11H,7-9H2,1-2H3/t10-/m1/s1. The van der Waals surface area contributed by atoms with Crippen molar-refractivity contribution in [3.05, 3.63) is 35.4 Å². The maximum atomic E-state index is 13.1. The number of rotatable bonds is 5. The zero-order chi connectivity index (χ0) is 17.4. The third-order valence-electron chi connectivity index (χ3n) is 3.66. The molecule has 1 amide bonds. The molecule has 0 N–H and O–H groups in total. The Morgan fingerprint density at radius 2 is 1.87 bits per heavy atom. The first-order chi connectivity index (χ1) is 10.5. The van der Waals surface area contributed by atoms with Gasteiger partial charge >= 0.3 is 6.18 Å². The molecule has 0 radical (unpaired) electrons. The van der Waals surface area contributed by atoms with Crippen LogP contribution >= 0.6 is 0 Å². The Balaban J connectivity index is 2.37. The monoisotopic (exact) mass is 349 g/mol. The number of hydrogen-bond donors (Lipinski definition) is 0. The van der Waals surface area contributed by atoms with Crippen molar-refractivity contribution < 1.29 is 26.4 Å². The fraction of sp³-hybridized carbons (Fsp3) is 0.533. The lowest BCUT2D eigenvalue weighted by atomic mass is 10.0. The summed E-state index contributed by atoms with van der Waals surface area (Å²) in [7, 11) is -3.34. The minimum Gasteiger partial charge on any atom is -0.332 e. The lowest BCUT2D eigenvalue weighted by Gasteiger charge is -2.30. The quantitative estimate of drug-likeness (QED) is 0.821. The van der Waals surface area contributed by atoms with Crippen LogP contribution in [0.4, 0.5) is 13.2 Å². The van der Waals surface area contributed by atoms with Crippen molar-refractivity contribution in [3.8, 4) is 0 Å². The van der Waals surface area contributed by atoms with Gasteiger partial charge in [0.1, 0.15) is 9.84 Å². The van der Waals surface area contributed by atoms with Crippen LogP contribution in [0.2, 0.25) is 0 Å². The summed E-state index contributed by atoms with van der Waals surface area (Å²) in [6, 6.07) is 3.72. The Morgan fingerprint density at radius 1 is 1.30 bits per heavy atom. The first kappa shape index (κ1) is 17.8. The van der Waals surface area contributed by atoms with Crippen LogP contribution in [-0.4, -0.2) is 43.3 Å². The number of hydrogen-bond acceptors (Lipinski definition) is 3. The lowest BCUT2D eigenvalue weighted by Crippen LogP contribution is -2.44. The highest BCUT2D eigenvalue weighted by molar-refractivity contribution is 7.90. The van der Waals surface area contributed by atoms with Gasteiger partial charge < -0.3 is 4.90 Å². The van der Waals surface area contributed by atoms with E-state index in [1.807, 2.05) is 0 Å². The predicted octanol–water partition coefficient (Wildman–Crippen LogP) is 2.74. The summed E-state index contributed by atoms with van der Waals surface area (Å²) in [5.41, 5.74) is -1.44. The minimum atomic E-state index is -4.64. The molecular formula is C15H18F3NO3S. The van der Waals surface area contributed by atoms with Crippen molar-refractivity contribution in [1.29, 1.82) is 0 Å². The molecule has 0 saturated heterocycles. The molecule has 0 aliphatic heterocycles. The van der Waals surface area contributed by atoms with Crippen molar-refractivity contribution in [2.45, 2.75) is 38.0 Å². The largest absolute Gasteiger partial charge is 0.417 e. The second kappa shape index (κ2) is 6.14. The number of sulfone groups is 1. The summed E-state index contributed by atoms with van der Waals surface area (Å²) in [5.74, 6) is -1.04. The van der Waals surface area contributed by atoms with E-state index < -0.39 is 39.1 Å². The summed E-state index contributed by atoms with van der Waals surface area (Å²) in [6.45, 7) is 1.55. The number of amides is 1. The molecule has 0 unspecified atom stereocenters. The van der Waals surface area contributed by atoms with Gasteiger partial charge in [0.15, 0.2) is 0 Å². The Labute approximate surface area is 133 Å². The normalized spacial score (nSPS) is 16.9. The van der Waals surface area contributed by atoms with Crippen LogP contribution in [0.25, 0.3) is 0 Å². The van der Waals surface area contributed by atoms with E-state index in [0.717, 1.165) is 18.4 Å². The van der Waals surface area contributed by atoms with Gasteiger partial charge in [-0.3, -0.25) is 4.79 Å². The van der Waals surface area contributed by atoms with Crippen LogP contribution in [0.5, 0.6) is 0 Å². The molecule has 1 aliphatic rings. The van der Waals surface area contributed by atoms with Gasteiger partial charge in [-0.15, -0.1) is 0 Å². The number of alkyl halides is 3. The molecule has 0 aromatic heterocycles. The number of carbonyl (C=O) groups is 1. The molecule has 1 aromatic rings. The van der Waals surface area contributed by atoms with Crippen molar-refractivity contribution in [3.63, 3.8) is 0 Å². The van der Waals surface area contributed by atoms with Crippen LogP contribution in [0.15, 0.2) is 24.3 Å². The Bertz CT molecular complexity index is 696. The molecular weight excluding hydrogens is 331 g/mol. The summed E-state index contributed by atoms with van der Waals surface area (Å²) < 4.78 is 62.2. The highest BCUT2D eigenvalue weighted by Gasteiger charge is 2.41. The molecule has 1 aromatic carbocycles. The van der Waals surface area contributed by atoms with E-state index in [-0.39, 0.29) is 11.8 Å². The van der Waals surface area contributed by atoms with Gasteiger partial charge in [0.05, 0.1) is 16.9 Å². The molecule has 0 spiro atoms. The maximum Gasteiger partial charge on any atom is 0.417 e. The summed E-state index contributed by atoms with van der Waals surface area (Å²) >= 11 is 0. The molecule has 2 rings (SSSR count). The Hall–Kier alpha value is -1.57. The van der Waals surface area contributed by atoms with E-state index in [0.29, 0.717) is 12.8 Å². The van der Waals surface area contributed by atoms with Crippen LogP contribution in [0.1, 0.15) is 35.7 Å². The summed E-state index contributed by atoms with van der Waals surface area (Å²) in [4.78, 5) is 13.9. The maximum absolute atomic E-state index is 13.1. The molecule has 1 aliphatic carbocycles. The van der Waals surface area contributed by atoms with Gasteiger partial charge in [-0.2, -0.15) is 13.2 Å². The molecule has 1 atom stereocenters. The summed E-state index contributed by atoms with van der Waals surface area (Å²) in [6.07, 6.45) is -2.24. The van der Waals surface area contributed by atoms with Gasteiger partial charge in [-0.25, -0.2) is 8.42 Å². The van der Waals surface area contributed by atoms with Crippen molar-refractivity contribution in [2.24, 2.45) is 0 Å². The highest BCUT2D eigenvalue weighted by Crippen LogP contribution is 2.35. The first-order valence-corrected chi connectivity index (χ1v) is 9.23. The van der Waals surface area contributed by atoms with Crippen molar-refractivity contribution in [1.82, 2.24) is 4.90 Å². The number of halogens is 3. The topological polar surface area (TPSA) is 54.5 Å². The smallest absolute Gasteiger partial charge is 0.332 e. The SMILES string of the molecule is C[C@H](CS(C)(=O)=O)N(C(=O)c1ccccc1C(F)(F)F)C1CC1. The zero-order valence-corrected chi connectivity index (χ0v) is 13.6. The number of nitrogens with zero attached hydrogens (tertiary/aromatic N) is 1. The molecule has 128 valence electrons. The highest BCUT2D eigenvalue weighted by atomic mass is 32.2. The van der Waals surface area contributed by atoms with Crippen LogP contribution in [0, 0.1) is 0 Å². The van der Waals surface area contributed by atoms with Crippen molar-refractivity contribution in [2.75, 3.05) is 12.0 Å². The predicted molar refractivity (Wildman–Crippen MR) is 79.8 cm³/mol. The molecule has 0 heterocycles. The fourth-order valence-corrected chi connectivity index (χ4v) is 3.69. The van der Waals surface area contributed by atoms with Gasteiger partial charge in [0.25, 0.3) is 5.91 Å². The van der Waals surface area contributed by atoms with Crippen LogP contribution in [-0.2, 0) is 16.0 Å². The average Bonchev–Trinajstić information content (AvgIpc) is 3.20. The van der Waals surface area contributed by atoms with Crippen molar-refractivity contribution >= 4 is 15.7 Å².